The van der Waals surface area contributed by atoms with Crippen molar-refractivity contribution >= 4 is 24.0 Å². The SMILES string of the molecule is CCCC[C@H]1C(=O)O[C@H](C)[C@H](NC(=O)OCc2ccccc2)C(=O)O[C@@H](C)[C@@H]1OC(=O)CC(C)C. The second-order valence-corrected chi connectivity index (χ2v) is 9.27. The number of carbonyl (C=O) groups is 4. The first-order valence-electron chi connectivity index (χ1n) is 12.2. The van der Waals surface area contributed by atoms with Crippen LogP contribution in [0.15, 0.2) is 30.3 Å². The normalized spacial score (nSPS) is 24.9. The van der Waals surface area contributed by atoms with Crippen molar-refractivity contribution in [3.8, 4) is 0 Å². The Morgan fingerprint density at radius 2 is 1.69 bits per heavy atom. The molecule has 1 heterocycles. The first-order chi connectivity index (χ1) is 16.6. The maximum atomic E-state index is 13.1. The molecule has 1 fully saturated rings. The average molecular weight is 492 g/mol. The Morgan fingerprint density at radius 1 is 1.03 bits per heavy atom. The van der Waals surface area contributed by atoms with E-state index in [1.54, 1.807) is 19.1 Å². The van der Waals surface area contributed by atoms with E-state index < -0.39 is 54.3 Å². The van der Waals surface area contributed by atoms with Crippen LogP contribution in [0.25, 0.3) is 0 Å². The van der Waals surface area contributed by atoms with Crippen molar-refractivity contribution in [3.05, 3.63) is 35.9 Å². The van der Waals surface area contributed by atoms with Gasteiger partial charge in [-0.05, 0) is 31.7 Å². The second-order valence-electron chi connectivity index (χ2n) is 9.27. The molecule has 0 aliphatic carbocycles. The number of carbonyl (C=O) groups excluding carboxylic acids is 4. The molecule has 35 heavy (non-hydrogen) atoms. The molecule has 9 heteroatoms. The van der Waals surface area contributed by atoms with Crippen LogP contribution < -0.4 is 5.32 Å². The van der Waals surface area contributed by atoms with E-state index >= 15 is 0 Å². The largest absolute Gasteiger partial charge is 0.460 e. The third-order valence-corrected chi connectivity index (χ3v) is 5.69. The lowest BCUT2D eigenvalue weighted by atomic mass is 9.92. The summed E-state index contributed by atoms with van der Waals surface area (Å²) in [6.45, 7) is 8.81. The van der Waals surface area contributed by atoms with Crippen LogP contribution in [0.2, 0.25) is 0 Å². The summed E-state index contributed by atoms with van der Waals surface area (Å²) in [7, 11) is 0. The second kappa shape index (κ2) is 13.7. The number of rotatable bonds is 9. The number of esters is 3. The molecular formula is C26H37NO8. The molecule has 1 aliphatic rings. The van der Waals surface area contributed by atoms with E-state index in [4.69, 9.17) is 18.9 Å². The highest BCUT2D eigenvalue weighted by Gasteiger charge is 2.43. The lowest BCUT2D eigenvalue weighted by Gasteiger charge is -2.29. The Kier molecular flexibility index (Phi) is 11.0. The summed E-state index contributed by atoms with van der Waals surface area (Å²) in [5, 5.41) is 2.44. The monoisotopic (exact) mass is 491 g/mol. The van der Waals surface area contributed by atoms with Crippen LogP contribution in [0.3, 0.4) is 0 Å². The van der Waals surface area contributed by atoms with E-state index in [9.17, 15) is 19.2 Å². The summed E-state index contributed by atoms with van der Waals surface area (Å²) in [4.78, 5) is 50.9. The number of nitrogens with one attached hydrogen (secondary N) is 1. The summed E-state index contributed by atoms with van der Waals surface area (Å²) < 4.78 is 22.0. The number of hydrogen-bond acceptors (Lipinski definition) is 8. The summed E-state index contributed by atoms with van der Waals surface area (Å²) >= 11 is 0. The molecular weight excluding hydrogens is 454 g/mol. The van der Waals surface area contributed by atoms with E-state index in [0.29, 0.717) is 12.8 Å². The minimum atomic E-state index is -1.29. The summed E-state index contributed by atoms with van der Waals surface area (Å²) in [5.74, 6) is -2.64. The average Bonchev–Trinajstić information content (AvgIpc) is 2.82. The van der Waals surface area contributed by atoms with Gasteiger partial charge in [0.05, 0.1) is 5.92 Å². The van der Waals surface area contributed by atoms with Crippen molar-refractivity contribution in [2.24, 2.45) is 11.8 Å². The number of amides is 1. The predicted octanol–water partition coefficient (Wildman–Crippen LogP) is 3.92. The predicted molar refractivity (Wildman–Crippen MR) is 127 cm³/mol. The van der Waals surface area contributed by atoms with Gasteiger partial charge in [-0.15, -0.1) is 0 Å². The van der Waals surface area contributed by atoms with E-state index in [0.717, 1.165) is 12.0 Å². The molecule has 1 saturated heterocycles. The minimum Gasteiger partial charge on any atom is -0.460 e. The number of ether oxygens (including phenoxy) is 4. The van der Waals surface area contributed by atoms with Gasteiger partial charge in [-0.1, -0.05) is 63.9 Å². The third-order valence-electron chi connectivity index (χ3n) is 5.69. The fourth-order valence-corrected chi connectivity index (χ4v) is 3.80. The first-order valence-corrected chi connectivity index (χ1v) is 12.2. The Morgan fingerprint density at radius 3 is 2.31 bits per heavy atom. The molecule has 0 aromatic heterocycles. The van der Waals surface area contributed by atoms with Gasteiger partial charge in [-0.25, -0.2) is 9.59 Å². The van der Waals surface area contributed by atoms with E-state index in [2.05, 4.69) is 5.32 Å². The van der Waals surface area contributed by atoms with Gasteiger partial charge in [0.2, 0.25) is 0 Å². The van der Waals surface area contributed by atoms with Gasteiger partial charge >= 0.3 is 24.0 Å². The smallest absolute Gasteiger partial charge is 0.408 e. The van der Waals surface area contributed by atoms with Crippen molar-refractivity contribution in [2.75, 3.05) is 0 Å². The van der Waals surface area contributed by atoms with Gasteiger partial charge in [-0.3, -0.25) is 9.59 Å². The number of hydrogen-bond donors (Lipinski definition) is 1. The van der Waals surface area contributed by atoms with Crippen molar-refractivity contribution in [1.29, 1.82) is 0 Å². The highest BCUT2D eigenvalue weighted by atomic mass is 16.6. The molecule has 2 rings (SSSR count). The van der Waals surface area contributed by atoms with E-state index in [1.807, 2.05) is 39.0 Å². The van der Waals surface area contributed by atoms with Crippen LogP contribution >= 0.6 is 0 Å². The summed E-state index contributed by atoms with van der Waals surface area (Å²) in [5.41, 5.74) is 0.776. The molecule has 1 amide bonds. The Labute approximate surface area is 206 Å². The van der Waals surface area contributed by atoms with Crippen LogP contribution in [0.4, 0.5) is 4.79 Å². The lowest BCUT2D eigenvalue weighted by Crippen LogP contribution is -2.50. The summed E-state index contributed by atoms with van der Waals surface area (Å²) in [6.07, 6.45) is -1.73. The standard InChI is InChI=1S/C26H37NO8/c1-6-7-13-20-23(35-21(28)14-16(2)3)18(5)34-25(30)22(17(4)33-24(20)29)27-26(31)32-15-19-11-9-8-10-12-19/h8-12,16-18,20,22-23H,6-7,13-15H2,1-5H3,(H,27,31)/t17-,18+,20-,22+,23+/m1/s1. The zero-order valence-corrected chi connectivity index (χ0v) is 21.2. The van der Waals surface area contributed by atoms with Gasteiger partial charge in [0.25, 0.3) is 0 Å². The summed E-state index contributed by atoms with van der Waals surface area (Å²) in [6, 6.07) is 7.77. The Hall–Kier alpha value is -3.10. The molecule has 0 unspecified atom stereocenters. The molecule has 5 atom stereocenters. The molecule has 1 aliphatic heterocycles. The van der Waals surface area contributed by atoms with Crippen LogP contribution in [-0.4, -0.2) is 48.4 Å². The highest BCUT2D eigenvalue weighted by Crippen LogP contribution is 2.26. The van der Waals surface area contributed by atoms with Crippen molar-refractivity contribution in [3.63, 3.8) is 0 Å². The van der Waals surface area contributed by atoms with E-state index in [1.165, 1.54) is 6.92 Å². The highest BCUT2D eigenvalue weighted by molar-refractivity contribution is 5.83. The third kappa shape index (κ3) is 8.88. The molecule has 0 radical (unpaired) electrons. The zero-order valence-electron chi connectivity index (χ0n) is 21.2. The number of alkyl carbamates (subject to hydrolysis) is 1. The first kappa shape index (κ1) is 28.1. The zero-order chi connectivity index (χ0) is 26.0. The lowest BCUT2D eigenvalue weighted by molar-refractivity contribution is -0.175. The Balaban J connectivity index is 2.18. The number of cyclic esters (lactones) is 2. The molecule has 0 bridgehead atoms. The van der Waals surface area contributed by atoms with Gasteiger partial charge in [-0.2, -0.15) is 0 Å². The van der Waals surface area contributed by atoms with Crippen LogP contribution in [-0.2, 0) is 39.9 Å². The van der Waals surface area contributed by atoms with Gasteiger partial charge in [0.1, 0.15) is 18.8 Å². The number of unbranched alkanes of at least 4 members (excludes halogenated alkanes) is 1. The molecule has 1 aromatic rings. The molecule has 0 spiro atoms. The molecule has 194 valence electrons. The van der Waals surface area contributed by atoms with Crippen LogP contribution in [0, 0.1) is 11.8 Å². The number of benzene rings is 1. The van der Waals surface area contributed by atoms with Crippen molar-refractivity contribution in [1.82, 2.24) is 5.32 Å². The van der Waals surface area contributed by atoms with Crippen LogP contribution in [0.1, 0.15) is 65.9 Å². The Bertz CT molecular complexity index is 856. The maximum absolute atomic E-state index is 13.1. The van der Waals surface area contributed by atoms with Gasteiger partial charge < -0.3 is 24.3 Å². The van der Waals surface area contributed by atoms with E-state index in [-0.39, 0.29) is 18.9 Å². The fraction of sp³-hybridized carbons (Fsp3) is 0.615. The van der Waals surface area contributed by atoms with Crippen LogP contribution in [0.5, 0.6) is 0 Å². The molecule has 9 nitrogen and oxygen atoms in total. The van der Waals surface area contributed by atoms with Gasteiger partial charge in [0, 0.05) is 6.42 Å². The van der Waals surface area contributed by atoms with Gasteiger partial charge in [0.15, 0.2) is 12.1 Å². The molecule has 1 N–H and O–H groups in total. The molecule has 1 aromatic carbocycles. The van der Waals surface area contributed by atoms with Crippen molar-refractivity contribution in [2.45, 2.75) is 91.3 Å². The topological polar surface area (TPSA) is 117 Å². The minimum absolute atomic E-state index is 0.00593. The fourth-order valence-electron chi connectivity index (χ4n) is 3.80. The maximum Gasteiger partial charge on any atom is 0.408 e. The van der Waals surface area contributed by atoms with Crippen molar-refractivity contribution < 1.29 is 38.1 Å². The quantitative estimate of drug-likeness (QED) is 0.408. The molecule has 0 saturated carbocycles.